The van der Waals surface area contributed by atoms with Gasteiger partial charge < -0.3 is 19.7 Å². The van der Waals surface area contributed by atoms with Gasteiger partial charge in [0.2, 0.25) is 11.8 Å². The molecule has 236 valence electrons. The third-order valence-electron chi connectivity index (χ3n) is 7.88. The van der Waals surface area contributed by atoms with Gasteiger partial charge >= 0.3 is 0 Å². The molecule has 1 saturated carbocycles. The Hall–Kier alpha value is -4.12. The van der Waals surface area contributed by atoms with E-state index in [9.17, 15) is 22.4 Å². The summed E-state index contributed by atoms with van der Waals surface area (Å²) in [5.74, 6) is -1.01. The molecule has 0 saturated heterocycles. The number of nitrogens with zero attached hydrogens (tertiary/aromatic N) is 2. The number of anilines is 1. The smallest absolute Gasteiger partial charge is 0.264 e. The lowest BCUT2D eigenvalue weighted by Gasteiger charge is -2.32. The van der Waals surface area contributed by atoms with Crippen LogP contribution in [0.3, 0.4) is 0 Å². The van der Waals surface area contributed by atoms with E-state index in [1.807, 2.05) is 19.9 Å². The van der Waals surface area contributed by atoms with Crippen molar-refractivity contribution in [3.05, 3.63) is 83.2 Å². The molecule has 3 aromatic rings. The number of ether oxygens (including phenoxy) is 2. The van der Waals surface area contributed by atoms with Gasteiger partial charge in [-0.15, -0.1) is 0 Å². The Morgan fingerprint density at radius 1 is 0.955 bits per heavy atom. The fourth-order valence-electron chi connectivity index (χ4n) is 5.51. The summed E-state index contributed by atoms with van der Waals surface area (Å²) in [5.41, 5.74) is 2.08. The van der Waals surface area contributed by atoms with Crippen LogP contribution in [0.5, 0.6) is 11.5 Å². The predicted octanol–water partition coefficient (Wildman–Crippen LogP) is 5.13. The molecule has 1 aliphatic rings. The van der Waals surface area contributed by atoms with Crippen LogP contribution < -0.4 is 19.1 Å². The van der Waals surface area contributed by atoms with E-state index in [2.05, 4.69) is 5.32 Å². The monoisotopic (exact) mass is 625 g/mol. The highest BCUT2D eigenvalue weighted by Gasteiger charge is 2.34. The molecular formula is C33H40FN3O6S. The standard InChI is InChI=1S/C33H40FN3O6S/c1-22-16-23(2)18-27(17-22)37(44(40,41)28-14-15-30(42-4)31(19-28)43-5)21-32(38)36(20-25-10-6-9-13-29(25)34)24(3)33(39)35-26-11-7-8-12-26/h6,9-10,13-19,24,26H,7-8,11-12,20-21H2,1-5H3,(H,35,39). The van der Waals surface area contributed by atoms with Crippen LogP contribution >= 0.6 is 0 Å². The minimum Gasteiger partial charge on any atom is -0.493 e. The van der Waals surface area contributed by atoms with E-state index in [0.717, 1.165) is 41.1 Å². The van der Waals surface area contributed by atoms with Crippen LogP contribution in [0.1, 0.15) is 49.3 Å². The van der Waals surface area contributed by atoms with E-state index in [4.69, 9.17) is 9.47 Å². The van der Waals surface area contributed by atoms with Crippen LogP contribution in [0, 0.1) is 19.7 Å². The van der Waals surface area contributed by atoms with Gasteiger partial charge in [-0.3, -0.25) is 13.9 Å². The van der Waals surface area contributed by atoms with Gasteiger partial charge in [0.05, 0.1) is 24.8 Å². The number of hydrogen-bond acceptors (Lipinski definition) is 6. The SMILES string of the molecule is COc1ccc(S(=O)(=O)N(CC(=O)N(Cc2ccccc2F)C(C)C(=O)NC2CCCC2)c2cc(C)cc(C)c2)cc1OC. The molecule has 0 heterocycles. The maximum atomic E-state index is 14.8. The Morgan fingerprint density at radius 2 is 1.59 bits per heavy atom. The average molecular weight is 626 g/mol. The molecule has 0 aromatic heterocycles. The highest BCUT2D eigenvalue weighted by Crippen LogP contribution is 2.33. The topological polar surface area (TPSA) is 105 Å². The molecule has 0 spiro atoms. The highest BCUT2D eigenvalue weighted by atomic mass is 32.2. The van der Waals surface area contributed by atoms with Gasteiger partial charge in [-0.1, -0.05) is 37.1 Å². The number of methoxy groups -OCH3 is 2. The number of sulfonamides is 1. The first kappa shape index (κ1) is 32.8. The molecule has 1 fully saturated rings. The van der Waals surface area contributed by atoms with Crippen molar-refractivity contribution in [1.82, 2.24) is 10.2 Å². The van der Waals surface area contributed by atoms with Crippen molar-refractivity contribution in [2.24, 2.45) is 0 Å². The number of rotatable bonds is 12. The van der Waals surface area contributed by atoms with Gasteiger partial charge in [0.25, 0.3) is 10.0 Å². The highest BCUT2D eigenvalue weighted by molar-refractivity contribution is 7.92. The minimum atomic E-state index is -4.34. The first-order valence-corrected chi connectivity index (χ1v) is 16.0. The van der Waals surface area contributed by atoms with Crippen LogP contribution in [0.25, 0.3) is 0 Å². The summed E-state index contributed by atoms with van der Waals surface area (Å²) in [6.07, 6.45) is 3.72. The van der Waals surface area contributed by atoms with E-state index in [1.165, 1.54) is 43.4 Å². The van der Waals surface area contributed by atoms with Gasteiger partial charge in [0, 0.05) is 24.2 Å². The number of carbonyl (C=O) groups is 2. The van der Waals surface area contributed by atoms with Gasteiger partial charge in [-0.2, -0.15) is 0 Å². The second-order valence-electron chi connectivity index (χ2n) is 11.2. The molecule has 9 nitrogen and oxygen atoms in total. The van der Waals surface area contributed by atoms with Crippen LogP contribution in [-0.2, 0) is 26.2 Å². The van der Waals surface area contributed by atoms with E-state index >= 15 is 0 Å². The average Bonchev–Trinajstić information content (AvgIpc) is 3.51. The number of benzene rings is 3. The van der Waals surface area contributed by atoms with Crippen molar-refractivity contribution in [1.29, 1.82) is 0 Å². The van der Waals surface area contributed by atoms with Crippen molar-refractivity contribution < 1.29 is 31.9 Å². The number of hydrogen-bond donors (Lipinski definition) is 1. The molecule has 1 N–H and O–H groups in total. The van der Waals surface area contributed by atoms with Gasteiger partial charge in [0.1, 0.15) is 18.4 Å². The summed E-state index contributed by atoms with van der Waals surface area (Å²) in [7, 11) is -1.50. The number of halogens is 1. The van der Waals surface area contributed by atoms with Crippen LogP contribution in [-0.4, -0.2) is 58.0 Å². The lowest BCUT2D eigenvalue weighted by atomic mass is 10.1. The molecule has 0 aliphatic heterocycles. The molecule has 1 atom stereocenters. The first-order chi connectivity index (χ1) is 20.9. The molecule has 0 radical (unpaired) electrons. The Labute approximate surface area is 259 Å². The van der Waals surface area contributed by atoms with Gasteiger partial charge in [-0.25, -0.2) is 12.8 Å². The maximum Gasteiger partial charge on any atom is 0.264 e. The molecule has 44 heavy (non-hydrogen) atoms. The Bertz CT molecular complexity index is 1590. The summed E-state index contributed by atoms with van der Waals surface area (Å²) in [6.45, 7) is 4.39. The summed E-state index contributed by atoms with van der Waals surface area (Å²) in [6, 6.07) is 14.5. The fraction of sp³-hybridized carbons (Fsp3) is 0.394. The first-order valence-electron chi connectivity index (χ1n) is 14.6. The Kier molecular flexibility index (Phi) is 10.5. The molecule has 3 aromatic carbocycles. The summed E-state index contributed by atoms with van der Waals surface area (Å²) in [5, 5.41) is 3.01. The van der Waals surface area contributed by atoms with E-state index in [1.54, 1.807) is 37.3 Å². The van der Waals surface area contributed by atoms with E-state index in [-0.39, 0.29) is 40.4 Å². The molecule has 0 bridgehead atoms. The number of nitrogens with one attached hydrogen (secondary N) is 1. The van der Waals surface area contributed by atoms with Crippen LogP contribution in [0.4, 0.5) is 10.1 Å². The zero-order chi connectivity index (χ0) is 32.0. The summed E-state index contributed by atoms with van der Waals surface area (Å²) in [4.78, 5) is 28.7. The van der Waals surface area contributed by atoms with Crippen molar-refractivity contribution in [3.63, 3.8) is 0 Å². The summed E-state index contributed by atoms with van der Waals surface area (Å²) < 4.78 is 54.9. The quantitative estimate of drug-likeness (QED) is 0.299. The molecule has 2 amide bonds. The zero-order valence-corrected chi connectivity index (χ0v) is 26.6. The second-order valence-corrected chi connectivity index (χ2v) is 13.0. The van der Waals surface area contributed by atoms with Crippen molar-refractivity contribution in [2.45, 2.75) is 70.0 Å². The van der Waals surface area contributed by atoms with E-state index in [0.29, 0.717) is 5.75 Å². The van der Waals surface area contributed by atoms with Gasteiger partial charge in [0.15, 0.2) is 11.5 Å². The molecule has 4 rings (SSSR count). The normalized spacial score (nSPS) is 14.1. The minimum absolute atomic E-state index is 0.00700. The fourth-order valence-corrected chi connectivity index (χ4v) is 6.93. The molecule has 1 unspecified atom stereocenters. The Morgan fingerprint density at radius 3 is 2.20 bits per heavy atom. The number of amides is 2. The lowest BCUT2D eigenvalue weighted by molar-refractivity contribution is -0.139. The van der Waals surface area contributed by atoms with Crippen molar-refractivity contribution in [2.75, 3.05) is 25.1 Å². The molecule has 11 heteroatoms. The number of carbonyl (C=O) groups excluding carboxylic acids is 2. The zero-order valence-electron chi connectivity index (χ0n) is 25.8. The van der Waals surface area contributed by atoms with Crippen molar-refractivity contribution >= 4 is 27.5 Å². The Balaban J connectivity index is 1.75. The van der Waals surface area contributed by atoms with Crippen LogP contribution in [0.2, 0.25) is 0 Å². The van der Waals surface area contributed by atoms with Crippen LogP contribution in [0.15, 0.2) is 65.6 Å². The number of aryl methyl sites for hydroxylation is 2. The second kappa shape index (κ2) is 14.1. The molecule has 1 aliphatic carbocycles. The third kappa shape index (κ3) is 7.50. The third-order valence-corrected chi connectivity index (χ3v) is 9.65. The van der Waals surface area contributed by atoms with E-state index < -0.39 is 34.3 Å². The maximum absolute atomic E-state index is 14.8. The largest absolute Gasteiger partial charge is 0.493 e. The van der Waals surface area contributed by atoms with Crippen molar-refractivity contribution in [3.8, 4) is 11.5 Å². The predicted molar refractivity (Wildman–Crippen MR) is 167 cm³/mol. The lowest BCUT2D eigenvalue weighted by Crippen LogP contribution is -2.52. The summed E-state index contributed by atoms with van der Waals surface area (Å²) >= 11 is 0. The molecular weight excluding hydrogens is 585 g/mol. The van der Waals surface area contributed by atoms with Gasteiger partial charge in [-0.05, 0) is 75.1 Å².